The number of hydrogen-bond donors (Lipinski definition) is 1. The number of pyridine rings is 1. The smallest absolute Gasteiger partial charge is 0.229 e. The monoisotopic (exact) mass is 399 g/mol. The first-order valence-corrected chi connectivity index (χ1v) is 10.0. The van der Waals surface area contributed by atoms with Crippen LogP contribution in [0.2, 0.25) is 0 Å². The second kappa shape index (κ2) is 7.90. The maximum atomic E-state index is 13.0. The molecule has 5 rings (SSSR count). The van der Waals surface area contributed by atoms with Crippen molar-refractivity contribution in [2.45, 2.75) is 12.8 Å². The molecule has 0 saturated carbocycles. The summed E-state index contributed by atoms with van der Waals surface area (Å²) in [4.78, 5) is 19.5. The fourth-order valence-corrected chi connectivity index (χ4v) is 3.85. The van der Waals surface area contributed by atoms with Crippen LogP contribution in [0.15, 0.2) is 67.1 Å². The van der Waals surface area contributed by atoms with Crippen molar-refractivity contribution in [3.63, 3.8) is 0 Å². The zero-order chi connectivity index (χ0) is 20.3. The van der Waals surface area contributed by atoms with Gasteiger partial charge in [0.25, 0.3) is 0 Å². The van der Waals surface area contributed by atoms with Crippen molar-refractivity contribution < 1.29 is 4.79 Å². The molecule has 30 heavy (non-hydrogen) atoms. The Labute approximate surface area is 173 Å². The number of fused-ring (bicyclic) bond motifs is 1. The number of anilines is 2. The fraction of sp³-hybridized carbons (Fsp3) is 0.227. The molecule has 1 saturated heterocycles. The first kappa shape index (κ1) is 18.2. The van der Waals surface area contributed by atoms with Crippen molar-refractivity contribution in [2.75, 3.05) is 23.3 Å². The molecule has 1 aliphatic heterocycles. The van der Waals surface area contributed by atoms with E-state index in [1.165, 1.54) is 0 Å². The largest absolute Gasteiger partial charge is 0.354 e. The molecule has 4 heterocycles. The van der Waals surface area contributed by atoms with Crippen molar-refractivity contribution in [2.24, 2.45) is 5.92 Å². The van der Waals surface area contributed by atoms with Gasteiger partial charge in [0.05, 0.1) is 17.1 Å². The van der Waals surface area contributed by atoms with Crippen molar-refractivity contribution in [1.82, 2.24) is 25.0 Å². The standard InChI is InChI=1S/C22H21N7O/c30-22(25-18-8-1-5-16-6-2-11-23-21(16)18)17-7-3-13-28(15-17)19-9-10-20(27-26-19)29-14-4-12-24-29/h1-2,4-6,8-12,14,17H,3,7,13,15H2,(H,25,30). The number of benzene rings is 1. The van der Waals surface area contributed by atoms with E-state index in [1.807, 2.05) is 54.7 Å². The second-order valence-electron chi connectivity index (χ2n) is 7.36. The molecular formula is C22H21N7O. The summed E-state index contributed by atoms with van der Waals surface area (Å²) < 4.78 is 1.67. The third-order valence-electron chi connectivity index (χ3n) is 5.38. The van der Waals surface area contributed by atoms with Crippen molar-refractivity contribution in [3.8, 4) is 5.82 Å². The first-order chi connectivity index (χ1) is 14.8. The van der Waals surface area contributed by atoms with Crippen LogP contribution in [0.4, 0.5) is 11.5 Å². The van der Waals surface area contributed by atoms with Gasteiger partial charge in [-0.2, -0.15) is 5.10 Å². The van der Waals surface area contributed by atoms with Crippen molar-refractivity contribution in [1.29, 1.82) is 0 Å². The summed E-state index contributed by atoms with van der Waals surface area (Å²) in [5, 5.41) is 16.9. The predicted octanol–water partition coefficient (Wildman–Crippen LogP) is 3.07. The number of nitrogens with one attached hydrogen (secondary N) is 1. The molecule has 1 fully saturated rings. The molecule has 1 amide bonds. The summed E-state index contributed by atoms with van der Waals surface area (Å²) in [6, 6.07) is 15.4. The molecule has 0 spiro atoms. The molecule has 1 aromatic carbocycles. The van der Waals surface area contributed by atoms with Crippen molar-refractivity contribution >= 4 is 28.3 Å². The first-order valence-electron chi connectivity index (χ1n) is 10.0. The highest BCUT2D eigenvalue weighted by atomic mass is 16.1. The number of para-hydroxylation sites is 1. The van der Waals surface area contributed by atoms with E-state index >= 15 is 0 Å². The van der Waals surface area contributed by atoms with Crippen LogP contribution in [0.1, 0.15) is 12.8 Å². The Morgan fingerprint density at radius 3 is 2.70 bits per heavy atom. The number of aromatic nitrogens is 5. The summed E-state index contributed by atoms with van der Waals surface area (Å²) in [7, 11) is 0. The molecule has 1 aliphatic rings. The van der Waals surface area contributed by atoms with E-state index in [2.05, 4.69) is 30.5 Å². The predicted molar refractivity (Wildman–Crippen MR) is 114 cm³/mol. The maximum Gasteiger partial charge on any atom is 0.229 e. The van der Waals surface area contributed by atoms with Crippen molar-refractivity contribution in [3.05, 3.63) is 67.1 Å². The Morgan fingerprint density at radius 2 is 1.87 bits per heavy atom. The van der Waals surface area contributed by atoms with E-state index in [1.54, 1.807) is 17.1 Å². The molecule has 8 nitrogen and oxygen atoms in total. The van der Waals surface area contributed by atoms with Gasteiger partial charge in [0.15, 0.2) is 11.6 Å². The normalized spacial score (nSPS) is 16.5. The average molecular weight is 399 g/mol. The molecule has 1 N–H and O–H groups in total. The Hall–Kier alpha value is -3.81. The minimum Gasteiger partial charge on any atom is -0.354 e. The van der Waals surface area contributed by atoms with Gasteiger partial charge in [-0.1, -0.05) is 18.2 Å². The van der Waals surface area contributed by atoms with Gasteiger partial charge in [0.2, 0.25) is 5.91 Å². The number of carbonyl (C=O) groups excluding carboxylic acids is 1. The zero-order valence-corrected chi connectivity index (χ0v) is 16.3. The Morgan fingerprint density at radius 1 is 1.00 bits per heavy atom. The van der Waals surface area contributed by atoms with Gasteiger partial charge in [0, 0.05) is 37.1 Å². The topological polar surface area (TPSA) is 88.8 Å². The number of nitrogens with zero attached hydrogens (tertiary/aromatic N) is 6. The van der Waals surface area contributed by atoms with E-state index in [4.69, 9.17) is 0 Å². The number of hydrogen-bond acceptors (Lipinski definition) is 6. The van der Waals surface area contributed by atoms with Crippen LogP contribution in [0.25, 0.3) is 16.7 Å². The lowest BCUT2D eigenvalue weighted by Crippen LogP contribution is -2.41. The molecule has 4 aromatic rings. The van der Waals surface area contributed by atoms with Gasteiger partial charge in [-0.3, -0.25) is 9.78 Å². The highest BCUT2D eigenvalue weighted by molar-refractivity contribution is 6.01. The minimum atomic E-state index is -0.120. The van der Waals surface area contributed by atoms with Gasteiger partial charge in [0.1, 0.15) is 0 Å². The van der Waals surface area contributed by atoms with Gasteiger partial charge in [-0.15, -0.1) is 10.2 Å². The quantitative estimate of drug-likeness (QED) is 0.567. The zero-order valence-electron chi connectivity index (χ0n) is 16.3. The highest BCUT2D eigenvalue weighted by Gasteiger charge is 2.27. The van der Waals surface area contributed by atoms with Crippen LogP contribution in [0.5, 0.6) is 0 Å². The molecule has 0 radical (unpaired) electrons. The van der Waals surface area contributed by atoms with Crippen LogP contribution in [0, 0.1) is 5.92 Å². The van der Waals surface area contributed by atoms with E-state index in [0.29, 0.717) is 12.4 Å². The van der Waals surface area contributed by atoms with Gasteiger partial charge in [-0.25, -0.2) is 4.68 Å². The Balaban J connectivity index is 1.29. The number of amides is 1. The average Bonchev–Trinajstić information content (AvgIpc) is 3.35. The van der Waals surface area contributed by atoms with E-state index < -0.39 is 0 Å². The highest BCUT2D eigenvalue weighted by Crippen LogP contribution is 2.25. The second-order valence-corrected chi connectivity index (χ2v) is 7.36. The maximum absolute atomic E-state index is 13.0. The van der Waals surface area contributed by atoms with E-state index in [0.717, 1.165) is 41.8 Å². The number of piperidine rings is 1. The lowest BCUT2D eigenvalue weighted by atomic mass is 9.97. The van der Waals surface area contributed by atoms with E-state index in [9.17, 15) is 4.79 Å². The lowest BCUT2D eigenvalue weighted by molar-refractivity contribution is -0.120. The summed E-state index contributed by atoms with van der Waals surface area (Å²) in [5.74, 6) is 1.33. The molecule has 1 atom stereocenters. The van der Waals surface area contributed by atoms with Crippen LogP contribution >= 0.6 is 0 Å². The van der Waals surface area contributed by atoms with Crippen LogP contribution in [-0.4, -0.2) is 44.0 Å². The summed E-state index contributed by atoms with van der Waals surface area (Å²) >= 11 is 0. The third-order valence-corrected chi connectivity index (χ3v) is 5.38. The van der Waals surface area contributed by atoms with Crippen LogP contribution in [-0.2, 0) is 4.79 Å². The molecule has 3 aromatic heterocycles. The molecule has 0 aliphatic carbocycles. The minimum absolute atomic E-state index is 0.0129. The van der Waals surface area contributed by atoms with Crippen LogP contribution < -0.4 is 10.2 Å². The molecule has 8 heteroatoms. The summed E-state index contributed by atoms with van der Waals surface area (Å²) in [6.45, 7) is 1.47. The number of rotatable bonds is 4. The van der Waals surface area contributed by atoms with Gasteiger partial charge < -0.3 is 10.2 Å². The Kier molecular flexibility index (Phi) is 4.80. The fourth-order valence-electron chi connectivity index (χ4n) is 3.85. The molecular weight excluding hydrogens is 378 g/mol. The van der Waals surface area contributed by atoms with E-state index in [-0.39, 0.29) is 11.8 Å². The number of carbonyl (C=O) groups is 1. The molecule has 0 bridgehead atoms. The van der Waals surface area contributed by atoms with Gasteiger partial charge >= 0.3 is 0 Å². The molecule has 1 unspecified atom stereocenters. The Bertz CT molecular complexity index is 1150. The van der Waals surface area contributed by atoms with Gasteiger partial charge in [-0.05, 0) is 43.2 Å². The summed E-state index contributed by atoms with van der Waals surface area (Å²) in [5.41, 5.74) is 1.56. The summed E-state index contributed by atoms with van der Waals surface area (Å²) in [6.07, 6.45) is 7.04. The van der Waals surface area contributed by atoms with Crippen LogP contribution in [0.3, 0.4) is 0 Å². The SMILES string of the molecule is O=C(Nc1cccc2cccnc12)C1CCCN(c2ccc(-n3cccn3)nn2)C1. The lowest BCUT2D eigenvalue weighted by Gasteiger charge is -2.32. The third kappa shape index (κ3) is 3.59. The molecule has 150 valence electrons.